The van der Waals surface area contributed by atoms with Gasteiger partial charge in [-0.05, 0) is 42.4 Å². The zero-order valence-corrected chi connectivity index (χ0v) is 14.0. The normalized spacial score (nSPS) is 14.1. The third-order valence-corrected chi connectivity index (χ3v) is 4.29. The molecule has 1 saturated heterocycles. The zero-order chi connectivity index (χ0) is 13.5. The second-order valence-electron chi connectivity index (χ2n) is 4.53. The predicted molar refractivity (Wildman–Crippen MR) is 79.0 cm³/mol. The van der Waals surface area contributed by atoms with Crippen LogP contribution in [-0.4, -0.2) is 35.6 Å². The van der Waals surface area contributed by atoms with Gasteiger partial charge in [-0.15, -0.1) is 0 Å². The molecule has 0 amide bonds. The van der Waals surface area contributed by atoms with Gasteiger partial charge in [0.1, 0.15) is 18.8 Å². The Morgan fingerprint density at radius 1 is 1.25 bits per heavy atom. The molecule has 1 aliphatic rings. The van der Waals surface area contributed by atoms with E-state index in [1.54, 1.807) is 18.9 Å². The molecule has 1 heterocycles. The van der Waals surface area contributed by atoms with Crippen molar-refractivity contribution >= 4 is 16.8 Å². The molecular formula is C15H19BrN2OS. The van der Waals surface area contributed by atoms with E-state index in [1.165, 1.54) is 29.9 Å². The van der Waals surface area contributed by atoms with Crippen molar-refractivity contribution in [2.24, 2.45) is 0 Å². The van der Waals surface area contributed by atoms with Crippen LogP contribution in [0, 0.1) is 11.3 Å². The van der Waals surface area contributed by atoms with Crippen LogP contribution in [0.4, 0.5) is 0 Å². The maximum Gasteiger partial charge on any atom is 0.243 e. The van der Waals surface area contributed by atoms with E-state index in [-0.39, 0.29) is 17.0 Å². The Labute approximate surface area is 135 Å². The summed E-state index contributed by atoms with van der Waals surface area (Å²) in [5.74, 6) is 1.37. The molecule has 0 unspecified atom stereocenters. The molecule has 0 aliphatic carbocycles. The van der Waals surface area contributed by atoms with Crippen molar-refractivity contribution in [2.45, 2.75) is 19.3 Å². The highest BCUT2D eigenvalue weighted by Crippen LogP contribution is 2.19. The van der Waals surface area contributed by atoms with Gasteiger partial charge in [-0.25, -0.2) is 4.58 Å². The van der Waals surface area contributed by atoms with E-state index in [4.69, 9.17) is 10.00 Å². The van der Waals surface area contributed by atoms with Crippen molar-refractivity contribution in [2.75, 3.05) is 26.0 Å². The van der Waals surface area contributed by atoms with Crippen molar-refractivity contribution in [3.63, 3.8) is 0 Å². The third kappa shape index (κ3) is 4.53. The van der Waals surface area contributed by atoms with Gasteiger partial charge in [0.25, 0.3) is 0 Å². The molecule has 1 aromatic carbocycles. The number of benzene rings is 1. The first-order valence-electron chi connectivity index (χ1n) is 6.61. The number of ether oxygens (including phenoxy) is 1. The smallest absolute Gasteiger partial charge is 0.243 e. The van der Waals surface area contributed by atoms with Gasteiger partial charge in [0.05, 0.1) is 24.5 Å². The molecule has 0 saturated carbocycles. The lowest BCUT2D eigenvalue weighted by Gasteiger charge is -2.13. The summed E-state index contributed by atoms with van der Waals surface area (Å²) < 4.78 is 7.60. The molecular weight excluding hydrogens is 336 g/mol. The summed E-state index contributed by atoms with van der Waals surface area (Å²) in [6, 6.07) is 10.3. The van der Waals surface area contributed by atoms with Gasteiger partial charge in [-0.3, -0.25) is 0 Å². The highest BCUT2D eigenvalue weighted by atomic mass is 79.9. The van der Waals surface area contributed by atoms with E-state index >= 15 is 0 Å². The number of thioether (sulfide) groups is 1. The average Bonchev–Trinajstić information content (AvgIpc) is 2.49. The predicted octanol–water partition coefficient (Wildman–Crippen LogP) is -0.101. The van der Waals surface area contributed by atoms with E-state index in [9.17, 15) is 0 Å². The maximum absolute atomic E-state index is 8.82. The van der Waals surface area contributed by atoms with Gasteiger partial charge < -0.3 is 21.7 Å². The van der Waals surface area contributed by atoms with E-state index in [0.717, 1.165) is 18.8 Å². The Morgan fingerprint density at radius 2 is 1.90 bits per heavy atom. The van der Waals surface area contributed by atoms with Crippen LogP contribution < -0.4 is 21.7 Å². The molecule has 0 atom stereocenters. The van der Waals surface area contributed by atoms with Gasteiger partial charge in [0, 0.05) is 12.8 Å². The monoisotopic (exact) mass is 354 g/mol. The van der Waals surface area contributed by atoms with Crippen LogP contribution in [0.2, 0.25) is 0 Å². The molecule has 2 rings (SSSR count). The molecule has 5 heteroatoms. The lowest BCUT2D eigenvalue weighted by Crippen LogP contribution is -3.00. The molecule has 1 aromatic rings. The fraction of sp³-hybridized carbons (Fsp3) is 0.467. The Hall–Kier alpha value is -0.990. The molecule has 3 nitrogen and oxygen atoms in total. The van der Waals surface area contributed by atoms with Gasteiger partial charge in [-0.2, -0.15) is 5.26 Å². The first-order chi connectivity index (χ1) is 9.35. The van der Waals surface area contributed by atoms with Crippen LogP contribution >= 0.6 is 11.8 Å². The van der Waals surface area contributed by atoms with Crippen LogP contribution in [0.5, 0.6) is 5.75 Å². The van der Waals surface area contributed by atoms with Crippen LogP contribution in [0.25, 0.3) is 0 Å². The molecule has 20 heavy (non-hydrogen) atoms. The fourth-order valence-electron chi connectivity index (χ4n) is 2.29. The molecule has 1 aliphatic heterocycles. The summed E-state index contributed by atoms with van der Waals surface area (Å²) in [5.41, 5.74) is 1.18. The average molecular weight is 355 g/mol. The number of nitrogens with zero attached hydrogens (tertiary/aromatic N) is 2. The Morgan fingerprint density at radius 3 is 2.45 bits per heavy atom. The number of halogens is 1. The van der Waals surface area contributed by atoms with Gasteiger partial charge >= 0.3 is 0 Å². The van der Waals surface area contributed by atoms with Crippen LogP contribution in [-0.2, 0) is 0 Å². The van der Waals surface area contributed by atoms with Gasteiger partial charge in [-0.1, -0.05) is 0 Å². The number of methoxy groups -OCH3 is 1. The molecule has 0 aromatic heterocycles. The number of rotatable bonds is 3. The van der Waals surface area contributed by atoms with Crippen molar-refractivity contribution < 1.29 is 26.3 Å². The minimum absolute atomic E-state index is 0. The van der Waals surface area contributed by atoms with Crippen LogP contribution in [0.15, 0.2) is 24.3 Å². The third-order valence-electron chi connectivity index (χ3n) is 3.25. The number of piperidine rings is 1. The lowest BCUT2D eigenvalue weighted by atomic mass is 10.1. The zero-order valence-electron chi connectivity index (χ0n) is 11.6. The fourth-order valence-corrected chi connectivity index (χ4v) is 3.16. The summed E-state index contributed by atoms with van der Waals surface area (Å²) >= 11 is 1.64. The van der Waals surface area contributed by atoms with Crippen LogP contribution in [0.1, 0.15) is 24.8 Å². The molecule has 1 fully saturated rings. The number of hydrogen-bond acceptors (Lipinski definition) is 3. The highest BCUT2D eigenvalue weighted by Gasteiger charge is 2.20. The number of nitriles is 1. The van der Waals surface area contributed by atoms with Crippen LogP contribution in [0.3, 0.4) is 0 Å². The minimum Gasteiger partial charge on any atom is -1.00 e. The quantitative estimate of drug-likeness (QED) is 0.561. The van der Waals surface area contributed by atoms with Crippen molar-refractivity contribution in [3.8, 4) is 11.8 Å². The van der Waals surface area contributed by atoms with E-state index in [0.29, 0.717) is 5.75 Å². The first-order valence-corrected chi connectivity index (χ1v) is 7.60. The number of hydrogen-bond donors (Lipinski definition) is 0. The summed E-state index contributed by atoms with van der Waals surface area (Å²) in [7, 11) is 1.68. The first kappa shape index (κ1) is 17.1. The summed E-state index contributed by atoms with van der Waals surface area (Å²) in [4.78, 5) is 0. The van der Waals surface area contributed by atoms with E-state index in [2.05, 4.69) is 22.8 Å². The Bertz CT molecular complexity index is 486. The molecule has 0 N–H and O–H groups in total. The van der Waals surface area contributed by atoms with Gasteiger partial charge in [0.2, 0.25) is 5.04 Å². The Kier molecular flexibility index (Phi) is 7.71. The summed E-state index contributed by atoms with van der Waals surface area (Å²) in [6.45, 7) is 2.19. The standard InChI is InChI=1S/C15H19N2OS.BrH/c1-18-14-7-5-13(6-8-14)15(19-12-9-16)17-10-3-2-4-11-17;/h5-8H,2-4,10-12H2,1H3;1H/q+1;/p-1. The Balaban J connectivity index is 0.00000200. The van der Waals surface area contributed by atoms with Crippen molar-refractivity contribution in [1.82, 2.24) is 0 Å². The second-order valence-corrected chi connectivity index (χ2v) is 5.49. The summed E-state index contributed by atoms with van der Waals surface area (Å²) in [5, 5.41) is 10.0. The van der Waals surface area contributed by atoms with Crippen molar-refractivity contribution in [3.05, 3.63) is 29.8 Å². The largest absolute Gasteiger partial charge is 1.00 e. The van der Waals surface area contributed by atoms with E-state index in [1.807, 2.05) is 12.1 Å². The van der Waals surface area contributed by atoms with Crippen molar-refractivity contribution in [1.29, 1.82) is 5.26 Å². The lowest BCUT2D eigenvalue weighted by molar-refractivity contribution is -0.534. The molecule has 0 radical (unpaired) electrons. The molecule has 0 bridgehead atoms. The minimum atomic E-state index is 0. The second kappa shape index (κ2) is 9.04. The van der Waals surface area contributed by atoms with Gasteiger partial charge in [0.15, 0.2) is 0 Å². The van der Waals surface area contributed by atoms with E-state index < -0.39 is 0 Å². The molecule has 0 spiro atoms. The summed E-state index contributed by atoms with van der Waals surface area (Å²) in [6.07, 6.45) is 3.80. The maximum atomic E-state index is 8.82. The highest BCUT2D eigenvalue weighted by molar-refractivity contribution is 8.14. The molecule has 108 valence electrons. The SMILES string of the molecule is COc1ccc(C(SCC#N)=[N+]2CCCCC2)cc1.[Br-]. The topological polar surface area (TPSA) is 36.0 Å².